The Kier molecular flexibility index (Phi) is 7.91. The van der Waals surface area contributed by atoms with Gasteiger partial charge in [0.1, 0.15) is 11.4 Å². The lowest BCUT2D eigenvalue weighted by Gasteiger charge is -2.39. The highest BCUT2D eigenvalue weighted by Gasteiger charge is 2.45. The van der Waals surface area contributed by atoms with E-state index in [0.717, 1.165) is 31.2 Å². The van der Waals surface area contributed by atoms with E-state index in [-0.39, 0.29) is 37.2 Å². The van der Waals surface area contributed by atoms with Gasteiger partial charge >= 0.3 is 12.2 Å². The lowest BCUT2D eigenvalue weighted by molar-refractivity contribution is -0.00283. The van der Waals surface area contributed by atoms with Crippen LogP contribution in [0.4, 0.5) is 15.3 Å². The summed E-state index contributed by atoms with van der Waals surface area (Å²) < 4.78 is 17.0. The summed E-state index contributed by atoms with van der Waals surface area (Å²) in [5.74, 6) is 0.742. The van der Waals surface area contributed by atoms with Crippen molar-refractivity contribution < 1.29 is 23.8 Å². The number of rotatable bonds is 6. The van der Waals surface area contributed by atoms with Gasteiger partial charge in [0.05, 0.1) is 37.6 Å². The van der Waals surface area contributed by atoms with Crippen LogP contribution in [-0.4, -0.2) is 48.5 Å². The van der Waals surface area contributed by atoms with E-state index in [1.54, 1.807) is 30.2 Å². The number of piperidine rings is 1. The molecule has 0 spiro atoms. The number of nitriles is 1. The van der Waals surface area contributed by atoms with Crippen molar-refractivity contribution in [2.75, 3.05) is 18.6 Å². The summed E-state index contributed by atoms with van der Waals surface area (Å²) in [7, 11) is 1.57. The third-order valence-corrected chi connectivity index (χ3v) is 6.90. The van der Waals surface area contributed by atoms with Gasteiger partial charge in [-0.3, -0.25) is 4.90 Å². The Morgan fingerprint density at radius 3 is 2.30 bits per heavy atom. The van der Waals surface area contributed by atoms with Crippen molar-refractivity contribution in [2.45, 2.75) is 70.7 Å². The number of ether oxygens (including phenoxy) is 3. The molecule has 2 aliphatic heterocycles. The fourth-order valence-electron chi connectivity index (χ4n) is 5.27. The monoisotopic (exact) mass is 505 g/mol. The van der Waals surface area contributed by atoms with E-state index in [9.17, 15) is 9.59 Å². The van der Waals surface area contributed by atoms with Crippen LogP contribution in [0.15, 0.2) is 48.5 Å². The average molecular weight is 506 g/mol. The molecule has 2 fully saturated rings. The largest absolute Gasteiger partial charge is 0.495 e. The van der Waals surface area contributed by atoms with Crippen LogP contribution in [0.3, 0.4) is 0 Å². The number of carbonyl (C=O) groups excluding carboxylic acids is 2. The molecule has 0 aromatic heterocycles. The van der Waals surface area contributed by atoms with Crippen molar-refractivity contribution in [2.24, 2.45) is 5.92 Å². The lowest BCUT2D eigenvalue weighted by atomic mass is 9.92. The summed E-state index contributed by atoms with van der Waals surface area (Å²) in [6.45, 7) is 6.19. The van der Waals surface area contributed by atoms with Gasteiger partial charge in [-0.25, -0.2) is 9.59 Å². The minimum atomic E-state index is -0.528. The Balaban J connectivity index is 1.43. The standard InChI is InChI=1S/C29H35N3O5/c1-29(2,3)37-28(34)32-23-13-14-24(32)16-22(15-23)19-36-27(33)31(25-7-5-6-8-26(25)35-4)18-21-11-9-20(17-30)10-12-21/h5-12,22-24H,13-16,18-19H2,1-4H3. The Morgan fingerprint density at radius 2 is 1.70 bits per heavy atom. The van der Waals surface area contributed by atoms with Crippen LogP contribution in [-0.2, 0) is 16.0 Å². The van der Waals surface area contributed by atoms with Crippen LogP contribution in [0.2, 0.25) is 0 Å². The van der Waals surface area contributed by atoms with Crippen molar-refractivity contribution >= 4 is 17.9 Å². The van der Waals surface area contributed by atoms with Crippen molar-refractivity contribution in [3.05, 3.63) is 59.7 Å². The SMILES string of the molecule is COc1ccccc1N(Cc1ccc(C#N)cc1)C(=O)OCC1CC2CCC(C1)N2C(=O)OC(C)(C)C. The topological polar surface area (TPSA) is 92.1 Å². The van der Waals surface area contributed by atoms with Crippen molar-refractivity contribution in [1.29, 1.82) is 5.26 Å². The first-order chi connectivity index (χ1) is 17.7. The predicted octanol–water partition coefficient (Wildman–Crippen LogP) is 5.89. The first kappa shape index (κ1) is 26.3. The quantitative estimate of drug-likeness (QED) is 0.486. The number of benzene rings is 2. The summed E-state index contributed by atoms with van der Waals surface area (Å²) in [5.41, 5.74) is 1.51. The third-order valence-electron chi connectivity index (χ3n) is 6.90. The molecule has 2 atom stereocenters. The molecule has 2 saturated heterocycles. The number of fused-ring (bicyclic) bond motifs is 2. The third kappa shape index (κ3) is 6.34. The van der Waals surface area contributed by atoms with Crippen LogP contribution in [0.5, 0.6) is 5.75 Å². The Bertz CT molecular complexity index is 1140. The van der Waals surface area contributed by atoms with Gasteiger partial charge in [-0.1, -0.05) is 24.3 Å². The fraction of sp³-hybridized carbons (Fsp3) is 0.483. The van der Waals surface area contributed by atoms with E-state index in [4.69, 9.17) is 19.5 Å². The van der Waals surface area contributed by atoms with E-state index in [2.05, 4.69) is 6.07 Å². The lowest BCUT2D eigenvalue weighted by Crippen LogP contribution is -2.49. The molecule has 2 amide bonds. The predicted molar refractivity (Wildman–Crippen MR) is 139 cm³/mol. The Morgan fingerprint density at radius 1 is 1.05 bits per heavy atom. The molecular weight excluding hydrogens is 470 g/mol. The molecule has 8 heteroatoms. The smallest absolute Gasteiger partial charge is 0.414 e. The molecule has 2 unspecified atom stereocenters. The molecule has 2 heterocycles. The van der Waals surface area contributed by atoms with Gasteiger partial charge in [0.25, 0.3) is 0 Å². The molecule has 0 radical (unpaired) electrons. The number of methoxy groups -OCH3 is 1. The van der Waals surface area contributed by atoms with E-state index >= 15 is 0 Å². The number of hydrogen-bond donors (Lipinski definition) is 0. The molecule has 2 aromatic rings. The summed E-state index contributed by atoms with van der Waals surface area (Å²) >= 11 is 0. The second-order valence-electron chi connectivity index (χ2n) is 10.8. The van der Waals surface area contributed by atoms with Gasteiger partial charge < -0.3 is 19.1 Å². The maximum atomic E-state index is 13.4. The minimum absolute atomic E-state index is 0.112. The Hall–Kier alpha value is -3.73. The number of para-hydroxylation sites is 2. The van der Waals surface area contributed by atoms with Crippen molar-refractivity contribution in [3.63, 3.8) is 0 Å². The molecule has 0 N–H and O–H groups in total. The number of amides is 2. The zero-order chi connectivity index (χ0) is 26.6. The van der Waals surface area contributed by atoms with Crippen LogP contribution >= 0.6 is 0 Å². The number of hydrogen-bond acceptors (Lipinski definition) is 6. The summed E-state index contributed by atoms with van der Waals surface area (Å²) in [4.78, 5) is 29.6. The van der Waals surface area contributed by atoms with Crippen molar-refractivity contribution in [3.8, 4) is 11.8 Å². The molecule has 2 aliphatic rings. The number of nitrogens with zero attached hydrogens (tertiary/aromatic N) is 3. The first-order valence-electron chi connectivity index (χ1n) is 12.8. The summed E-state index contributed by atoms with van der Waals surface area (Å²) in [6.07, 6.45) is 2.75. The number of carbonyl (C=O) groups is 2. The van der Waals surface area contributed by atoms with Gasteiger partial charge in [-0.15, -0.1) is 0 Å². The van der Waals surface area contributed by atoms with Gasteiger partial charge in [0, 0.05) is 12.1 Å². The summed E-state index contributed by atoms with van der Waals surface area (Å²) in [6, 6.07) is 16.8. The van der Waals surface area contributed by atoms with E-state index in [1.807, 2.05) is 56.0 Å². The van der Waals surface area contributed by atoms with Crippen LogP contribution in [0.25, 0.3) is 0 Å². The molecule has 2 aromatic carbocycles. The molecule has 0 aliphatic carbocycles. The normalized spacial score (nSPS) is 20.6. The molecule has 2 bridgehead atoms. The molecule has 4 rings (SSSR count). The van der Waals surface area contributed by atoms with Gasteiger partial charge in [0.2, 0.25) is 0 Å². The highest BCUT2D eigenvalue weighted by molar-refractivity contribution is 5.89. The zero-order valence-electron chi connectivity index (χ0n) is 22.0. The van der Waals surface area contributed by atoms with Crippen LogP contribution in [0, 0.1) is 17.2 Å². The maximum absolute atomic E-state index is 13.4. The highest BCUT2D eigenvalue weighted by atomic mass is 16.6. The minimum Gasteiger partial charge on any atom is -0.495 e. The van der Waals surface area contributed by atoms with E-state index in [0.29, 0.717) is 17.0 Å². The van der Waals surface area contributed by atoms with Gasteiger partial charge in [-0.2, -0.15) is 5.26 Å². The van der Waals surface area contributed by atoms with Gasteiger partial charge in [-0.05, 0) is 82.2 Å². The molecule has 196 valence electrons. The fourth-order valence-corrected chi connectivity index (χ4v) is 5.27. The van der Waals surface area contributed by atoms with Crippen LogP contribution < -0.4 is 9.64 Å². The summed E-state index contributed by atoms with van der Waals surface area (Å²) in [5, 5.41) is 9.10. The van der Waals surface area contributed by atoms with Gasteiger partial charge in [0.15, 0.2) is 0 Å². The van der Waals surface area contributed by atoms with Crippen molar-refractivity contribution in [1.82, 2.24) is 4.90 Å². The van der Waals surface area contributed by atoms with Crippen LogP contribution in [0.1, 0.15) is 57.6 Å². The second kappa shape index (κ2) is 11.1. The maximum Gasteiger partial charge on any atom is 0.414 e. The number of anilines is 1. The molecular formula is C29H35N3O5. The Labute approximate surface area is 218 Å². The molecule has 37 heavy (non-hydrogen) atoms. The zero-order valence-corrected chi connectivity index (χ0v) is 22.0. The van der Waals surface area contributed by atoms with E-state index < -0.39 is 11.7 Å². The molecule has 0 saturated carbocycles. The molecule has 8 nitrogen and oxygen atoms in total. The average Bonchev–Trinajstić information content (AvgIpc) is 3.15. The highest BCUT2D eigenvalue weighted by Crippen LogP contribution is 2.40. The second-order valence-corrected chi connectivity index (χ2v) is 10.8. The first-order valence-corrected chi connectivity index (χ1v) is 12.8. The van der Waals surface area contributed by atoms with E-state index in [1.165, 1.54) is 0 Å².